The summed E-state index contributed by atoms with van der Waals surface area (Å²) in [6.07, 6.45) is 0.377. The molecule has 0 aromatic heterocycles. The number of rotatable bonds is 3. The minimum atomic E-state index is -0.545. The molecule has 1 saturated heterocycles. The molecule has 120 valence electrons. The number of alkyl carbamates (subject to hydrolysis) is 1. The van der Waals surface area contributed by atoms with Crippen LogP contribution in [0.15, 0.2) is 43.0 Å². The van der Waals surface area contributed by atoms with Gasteiger partial charge in [-0.2, -0.15) is 0 Å². The van der Waals surface area contributed by atoms with Crippen LogP contribution in [-0.2, 0) is 14.2 Å². The summed E-state index contributed by atoms with van der Waals surface area (Å²) in [7, 11) is 0. The summed E-state index contributed by atoms with van der Waals surface area (Å²) >= 11 is 0. The summed E-state index contributed by atoms with van der Waals surface area (Å²) in [4.78, 5) is 11.9. The van der Waals surface area contributed by atoms with Gasteiger partial charge in [-0.25, -0.2) is 4.79 Å². The molecule has 22 heavy (non-hydrogen) atoms. The van der Waals surface area contributed by atoms with E-state index in [1.807, 2.05) is 51.1 Å². The van der Waals surface area contributed by atoms with Crippen LogP contribution in [0.5, 0.6) is 0 Å². The number of ether oxygens (including phenoxy) is 3. The van der Waals surface area contributed by atoms with Gasteiger partial charge in [0, 0.05) is 5.56 Å². The van der Waals surface area contributed by atoms with Crippen molar-refractivity contribution >= 4 is 6.09 Å². The van der Waals surface area contributed by atoms with E-state index in [-0.39, 0.29) is 12.1 Å². The van der Waals surface area contributed by atoms with Crippen molar-refractivity contribution in [2.75, 3.05) is 6.61 Å². The second-order valence-corrected chi connectivity index (χ2v) is 6.17. The molecule has 2 rings (SSSR count). The van der Waals surface area contributed by atoms with E-state index in [9.17, 15) is 4.79 Å². The fourth-order valence-electron chi connectivity index (χ4n) is 2.15. The fraction of sp³-hybridized carbons (Fsp3) is 0.471. The highest BCUT2D eigenvalue weighted by atomic mass is 16.7. The van der Waals surface area contributed by atoms with Gasteiger partial charge in [0.15, 0.2) is 6.29 Å². The first-order valence-corrected chi connectivity index (χ1v) is 7.33. The predicted molar refractivity (Wildman–Crippen MR) is 83.4 cm³/mol. The first-order chi connectivity index (χ1) is 10.4. The van der Waals surface area contributed by atoms with Crippen molar-refractivity contribution in [2.24, 2.45) is 0 Å². The Bertz CT molecular complexity index is 509. The van der Waals surface area contributed by atoms with Crippen molar-refractivity contribution < 1.29 is 19.0 Å². The van der Waals surface area contributed by atoms with Crippen molar-refractivity contribution in [2.45, 2.75) is 44.8 Å². The maximum Gasteiger partial charge on any atom is 0.408 e. The lowest BCUT2D eigenvalue weighted by molar-refractivity contribution is -0.215. The van der Waals surface area contributed by atoms with Gasteiger partial charge in [-0.3, -0.25) is 0 Å². The Hall–Kier alpha value is -1.85. The number of nitrogens with one attached hydrogen (secondary N) is 1. The molecule has 0 aliphatic carbocycles. The molecule has 0 radical (unpaired) electrons. The molecule has 0 saturated carbocycles. The van der Waals surface area contributed by atoms with Crippen LogP contribution in [0.3, 0.4) is 0 Å². The molecule has 0 bridgehead atoms. The van der Waals surface area contributed by atoms with Crippen LogP contribution in [0.4, 0.5) is 4.79 Å². The van der Waals surface area contributed by atoms with Crippen molar-refractivity contribution in [3.05, 3.63) is 48.6 Å². The lowest BCUT2D eigenvalue weighted by Crippen LogP contribution is -2.51. The molecule has 1 aromatic carbocycles. The molecule has 1 heterocycles. The Morgan fingerprint density at radius 2 is 2.05 bits per heavy atom. The third kappa shape index (κ3) is 4.58. The number of amides is 1. The summed E-state index contributed by atoms with van der Waals surface area (Å²) < 4.78 is 16.8. The van der Waals surface area contributed by atoms with E-state index in [1.165, 1.54) is 0 Å². The van der Waals surface area contributed by atoms with Crippen molar-refractivity contribution in [3.63, 3.8) is 0 Å². The molecule has 0 unspecified atom stereocenters. The quantitative estimate of drug-likeness (QED) is 0.871. The van der Waals surface area contributed by atoms with Crippen molar-refractivity contribution in [1.29, 1.82) is 0 Å². The monoisotopic (exact) mass is 305 g/mol. The topological polar surface area (TPSA) is 56.8 Å². The molecule has 5 nitrogen and oxygen atoms in total. The second-order valence-electron chi connectivity index (χ2n) is 6.17. The predicted octanol–water partition coefficient (Wildman–Crippen LogP) is 3.18. The molecular weight excluding hydrogens is 282 g/mol. The van der Waals surface area contributed by atoms with Gasteiger partial charge in [-0.15, -0.1) is 6.58 Å². The maximum absolute atomic E-state index is 11.9. The Morgan fingerprint density at radius 3 is 2.64 bits per heavy atom. The highest BCUT2D eigenvalue weighted by Gasteiger charge is 2.33. The Labute approximate surface area is 131 Å². The summed E-state index contributed by atoms with van der Waals surface area (Å²) in [6, 6.07) is 9.34. The van der Waals surface area contributed by atoms with Crippen LogP contribution >= 0.6 is 0 Å². The number of carbonyl (C=O) groups is 1. The zero-order valence-corrected chi connectivity index (χ0v) is 13.2. The standard InChI is InChI=1S/C17H23NO4/c1-5-14-13(18-16(19)22-17(2,3)4)11-20-15(21-14)12-9-7-6-8-10-12/h5-10,13-15H,1,11H2,2-4H3,(H,18,19)/t13-,14+,15-/m0/s1. The van der Waals surface area contributed by atoms with Crippen LogP contribution < -0.4 is 5.32 Å². The van der Waals surface area contributed by atoms with E-state index < -0.39 is 18.0 Å². The third-order valence-corrected chi connectivity index (χ3v) is 3.11. The SMILES string of the molecule is C=C[C@H]1O[C@@H](c2ccccc2)OC[C@@H]1NC(=O)OC(C)(C)C. The Morgan fingerprint density at radius 1 is 1.36 bits per heavy atom. The number of hydrogen-bond donors (Lipinski definition) is 1. The van der Waals surface area contributed by atoms with Crippen LogP contribution in [0.2, 0.25) is 0 Å². The lowest BCUT2D eigenvalue weighted by atomic mass is 10.1. The van der Waals surface area contributed by atoms with E-state index in [1.54, 1.807) is 6.08 Å². The van der Waals surface area contributed by atoms with Crippen molar-refractivity contribution in [1.82, 2.24) is 5.32 Å². The summed E-state index contributed by atoms with van der Waals surface area (Å²) in [6.45, 7) is 9.55. The molecule has 1 aromatic rings. The minimum absolute atomic E-state index is 0.327. The van der Waals surface area contributed by atoms with Gasteiger partial charge in [0.05, 0.1) is 12.6 Å². The summed E-state index contributed by atoms with van der Waals surface area (Å²) in [5, 5.41) is 2.77. The molecule has 1 fully saturated rings. The highest BCUT2D eigenvalue weighted by molar-refractivity contribution is 5.68. The third-order valence-electron chi connectivity index (χ3n) is 3.11. The van der Waals surface area contributed by atoms with Gasteiger partial charge >= 0.3 is 6.09 Å². The number of benzene rings is 1. The average Bonchev–Trinajstić information content (AvgIpc) is 2.46. The largest absolute Gasteiger partial charge is 0.444 e. The normalized spacial score (nSPS) is 25.3. The van der Waals surface area contributed by atoms with Gasteiger partial charge in [-0.1, -0.05) is 36.4 Å². The van der Waals surface area contributed by atoms with Crippen molar-refractivity contribution in [3.8, 4) is 0 Å². The zero-order valence-electron chi connectivity index (χ0n) is 13.2. The lowest BCUT2D eigenvalue weighted by Gasteiger charge is -2.35. The molecule has 1 amide bonds. The van der Waals surface area contributed by atoms with Gasteiger partial charge in [0.1, 0.15) is 11.7 Å². The molecule has 1 aliphatic rings. The van der Waals surface area contributed by atoms with Crippen LogP contribution in [0.25, 0.3) is 0 Å². The Kier molecular flexibility index (Phi) is 5.21. The molecule has 1 aliphatic heterocycles. The van der Waals surface area contributed by atoms with E-state index in [0.29, 0.717) is 6.61 Å². The van der Waals surface area contributed by atoms with E-state index in [4.69, 9.17) is 14.2 Å². The molecule has 0 spiro atoms. The van der Waals surface area contributed by atoms with Crippen LogP contribution in [0, 0.1) is 0 Å². The first-order valence-electron chi connectivity index (χ1n) is 7.33. The zero-order chi connectivity index (χ0) is 16.2. The fourth-order valence-corrected chi connectivity index (χ4v) is 2.15. The van der Waals surface area contributed by atoms with Gasteiger partial charge < -0.3 is 19.5 Å². The van der Waals surface area contributed by atoms with Gasteiger partial charge in [0.2, 0.25) is 0 Å². The van der Waals surface area contributed by atoms with Gasteiger partial charge in [-0.05, 0) is 20.8 Å². The molecule has 5 heteroatoms. The summed E-state index contributed by atoms with van der Waals surface area (Å²) in [5.74, 6) is 0. The number of carbonyl (C=O) groups excluding carboxylic acids is 1. The average molecular weight is 305 g/mol. The number of hydrogen-bond acceptors (Lipinski definition) is 4. The highest BCUT2D eigenvalue weighted by Crippen LogP contribution is 2.26. The molecule has 3 atom stereocenters. The van der Waals surface area contributed by atoms with E-state index in [2.05, 4.69) is 11.9 Å². The summed E-state index contributed by atoms with van der Waals surface area (Å²) in [5.41, 5.74) is 0.390. The van der Waals surface area contributed by atoms with Crippen LogP contribution in [-0.4, -0.2) is 30.4 Å². The molecule has 1 N–H and O–H groups in total. The van der Waals surface area contributed by atoms with Crippen LogP contribution in [0.1, 0.15) is 32.6 Å². The Balaban J connectivity index is 1.96. The van der Waals surface area contributed by atoms with Gasteiger partial charge in [0.25, 0.3) is 0 Å². The van der Waals surface area contributed by atoms with E-state index >= 15 is 0 Å². The second kappa shape index (κ2) is 6.94. The minimum Gasteiger partial charge on any atom is -0.444 e. The van der Waals surface area contributed by atoms with E-state index in [0.717, 1.165) is 5.56 Å². The maximum atomic E-state index is 11.9. The first kappa shape index (κ1) is 16.5. The molecular formula is C17H23NO4. The smallest absolute Gasteiger partial charge is 0.408 e.